The van der Waals surface area contributed by atoms with Crippen LogP contribution in [0, 0.1) is 5.92 Å². The van der Waals surface area contributed by atoms with Crippen LogP contribution in [0.15, 0.2) is 0 Å². The summed E-state index contributed by atoms with van der Waals surface area (Å²) < 4.78 is 10.3. The minimum Gasteiger partial charge on any atom is -0.455 e. The Morgan fingerprint density at radius 2 is 1.94 bits per heavy atom. The molecule has 0 fully saturated rings. The standard InChI is InChI=1S/C11H20INO4/c1-5-8(9(14)16-7-12)6-13-10(15)17-11(2,3)4/h8H,5-7H2,1-4H3,(H,13,15)/t8-/m0/s1. The molecule has 100 valence electrons. The normalized spacial score (nSPS) is 12.8. The molecule has 0 unspecified atom stereocenters. The second-order valence-corrected chi connectivity index (χ2v) is 5.18. The highest BCUT2D eigenvalue weighted by atomic mass is 127. The fraction of sp³-hybridized carbons (Fsp3) is 0.818. The fourth-order valence-corrected chi connectivity index (χ4v) is 1.39. The monoisotopic (exact) mass is 357 g/mol. The van der Waals surface area contributed by atoms with Crippen molar-refractivity contribution in [3.8, 4) is 0 Å². The first kappa shape index (κ1) is 16.5. The lowest BCUT2D eigenvalue weighted by molar-refractivity contribution is -0.145. The molecule has 0 aromatic heterocycles. The van der Waals surface area contributed by atoms with Gasteiger partial charge in [-0.3, -0.25) is 4.79 Å². The lowest BCUT2D eigenvalue weighted by Crippen LogP contribution is -2.37. The van der Waals surface area contributed by atoms with Crippen molar-refractivity contribution in [1.29, 1.82) is 0 Å². The Balaban J connectivity index is 4.07. The third-order valence-electron chi connectivity index (χ3n) is 1.91. The summed E-state index contributed by atoms with van der Waals surface area (Å²) in [7, 11) is 0. The van der Waals surface area contributed by atoms with Crippen LogP contribution in [-0.2, 0) is 14.3 Å². The number of amides is 1. The van der Waals surface area contributed by atoms with Crippen LogP contribution in [0.1, 0.15) is 34.1 Å². The Morgan fingerprint density at radius 1 is 1.35 bits per heavy atom. The SMILES string of the molecule is CC[C@@H](CNC(=O)OC(C)(C)C)C(=O)OCI. The van der Waals surface area contributed by atoms with Crippen molar-refractivity contribution >= 4 is 34.7 Å². The zero-order chi connectivity index (χ0) is 13.5. The molecule has 0 bridgehead atoms. The molecule has 1 atom stereocenters. The third-order valence-corrected chi connectivity index (χ3v) is 2.23. The second-order valence-electron chi connectivity index (χ2n) is 4.56. The van der Waals surface area contributed by atoms with E-state index in [1.165, 1.54) is 0 Å². The first-order valence-corrected chi connectivity index (χ1v) is 7.02. The van der Waals surface area contributed by atoms with Gasteiger partial charge in [-0.25, -0.2) is 4.79 Å². The number of halogens is 1. The van der Waals surface area contributed by atoms with E-state index in [2.05, 4.69) is 5.32 Å². The number of nitrogens with one attached hydrogen (secondary N) is 1. The first-order chi connectivity index (χ1) is 7.80. The van der Waals surface area contributed by atoms with E-state index in [1.54, 1.807) is 20.8 Å². The third kappa shape index (κ3) is 8.23. The number of carbonyl (C=O) groups excluding carboxylic acids is 2. The fourth-order valence-electron chi connectivity index (χ4n) is 1.09. The van der Waals surface area contributed by atoms with Gasteiger partial charge in [0, 0.05) is 6.54 Å². The summed E-state index contributed by atoms with van der Waals surface area (Å²) in [6, 6.07) is 0. The quantitative estimate of drug-likeness (QED) is 0.467. The van der Waals surface area contributed by atoms with Crippen molar-refractivity contribution in [1.82, 2.24) is 5.32 Å². The second kappa shape index (κ2) is 7.73. The van der Waals surface area contributed by atoms with Crippen LogP contribution in [0.2, 0.25) is 0 Å². The van der Waals surface area contributed by atoms with E-state index in [-0.39, 0.29) is 18.4 Å². The summed E-state index contributed by atoms with van der Waals surface area (Å²) in [6.07, 6.45) is 0.101. The molecule has 0 saturated heterocycles. The van der Waals surface area contributed by atoms with Crippen LogP contribution in [0.3, 0.4) is 0 Å². The number of carbonyl (C=O) groups is 2. The maximum absolute atomic E-state index is 11.5. The lowest BCUT2D eigenvalue weighted by Gasteiger charge is -2.21. The molecular weight excluding hydrogens is 337 g/mol. The molecule has 0 aliphatic carbocycles. The van der Waals surface area contributed by atoms with Gasteiger partial charge in [-0.15, -0.1) is 0 Å². The summed E-state index contributed by atoms with van der Waals surface area (Å²) in [4.78, 5) is 22.8. The number of esters is 1. The molecule has 0 radical (unpaired) electrons. The molecule has 0 aromatic rings. The van der Waals surface area contributed by atoms with E-state index >= 15 is 0 Å². The minimum absolute atomic E-state index is 0.237. The molecule has 0 heterocycles. The zero-order valence-corrected chi connectivity index (χ0v) is 12.9. The number of hydrogen-bond donors (Lipinski definition) is 1. The van der Waals surface area contributed by atoms with Gasteiger partial charge in [0.05, 0.1) is 5.92 Å². The van der Waals surface area contributed by atoms with Gasteiger partial charge in [0.15, 0.2) is 0 Å². The van der Waals surface area contributed by atoms with E-state index < -0.39 is 11.7 Å². The largest absolute Gasteiger partial charge is 0.455 e. The van der Waals surface area contributed by atoms with Gasteiger partial charge in [0.2, 0.25) is 0 Å². The van der Waals surface area contributed by atoms with E-state index in [4.69, 9.17) is 9.47 Å². The van der Waals surface area contributed by atoms with Crippen molar-refractivity contribution in [3.05, 3.63) is 0 Å². The average Bonchev–Trinajstić information content (AvgIpc) is 2.16. The van der Waals surface area contributed by atoms with Crippen LogP contribution >= 0.6 is 22.6 Å². The Kier molecular flexibility index (Phi) is 7.49. The molecule has 17 heavy (non-hydrogen) atoms. The molecule has 5 nitrogen and oxygen atoms in total. The van der Waals surface area contributed by atoms with Gasteiger partial charge in [-0.05, 0) is 49.8 Å². The molecule has 0 saturated carbocycles. The van der Waals surface area contributed by atoms with Gasteiger partial charge >= 0.3 is 12.1 Å². The summed E-state index contributed by atoms with van der Waals surface area (Å²) in [5, 5.41) is 2.57. The zero-order valence-electron chi connectivity index (χ0n) is 10.7. The number of alkyl halides is 1. The van der Waals surface area contributed by atoms with E-state index in [0.717, 1.165) is 0 Å². The van der Waals surface area contributed by atoms with Crippen molar-refractivity contribution < 1.29 is 19.1 Å². The van der Waals surface area contributed by atoms with E-state index in [1.807, 2.05) is 29.5 Å². The van der Waals surface area contributed by atoms with E-state index in [0.29, 0.717) is 11.0 Å². The van der Waals surface area contributed by atoms with Crippen molar-refractivity contribution in [2.24, 2.45) is 5.92 Å². The molecule has 1 N–H and O–H groups in total. The summed E-state index contributed by atoms with van der Waals surface area (Å²) in [5.41, 5.74) is -0.533. The molecule has 0 aliphatic rings. The highest BCUT2D eigenvalue weighted by molar-refractivity contribution is 14.1. The highest BCUT2D eigenvalue weighted by Gasteiger charge is 2.21. The molecule has 1 amide bonds. The van der Waals surface area contributed by atoms with Gasteiger partial charge in [-0.1, -0.05) is 6.92 Å². The predicted molar refractivity (Wildman–Crippen MR) is 73.0 cm³/mol. The maximum Gasteiger partial charge on any atom is 0.407 e. The van der Waals surface area contributed by atoms with Gasteiger partial charge < -0.3 is 14.8 Å². The molecule has 0 aromatic carbocycles. The molecule has 0 spiro atoms. The number of ether oxygens (including phenoxy) is 2. The topological polar surface area (TPSA) is 64.6 Å². The van der Waals surface area contributed by atoms with Gasteiger partial charge in [-0.2, -0.15) is 0 Å². The maximum atomic E-state index is 11.5. The number of hydrogen-bond acceptors (Lipinski definition) is 4. The minimum atomic E-state index is -0.533. The summed E-state index contributed by atoms with van der Waals surface area (Å²) in [6.45, 7) is 7.47. The van der Waals surface area contributed by atoms with Crippen LogP contribution in [0.5, 0.6) is 0 Å². The van der Waals surface area contributed by atoms with Gasteiger partial charge in [0.25, 0.3) is 0 Å². The number of alkyl carbamates (subject to hydrolysis) is 1. The molecule has 0 aliphatic heterocycles. The van der Waals surface area contributed by atoms with Crippen LogP contribution in [0.4, 0.5) is 4.79 Å². The lowest BCUT2D eigenvalue weighted by atomic mass is 10.1. The van der Waals surface area contributed by atoms with Crippen molar-refractivity contribution in [3.63, 3.8) is 0 Å². The first-order valence-electron chi connectivity index (χ1n) is 5.49. The van der Waals surface area contributed by atoms with Crippen LogP contribution in [-0.4, -0.2) is 28.8 Å². The van der Waals surface area contributed by atoms with Crippen LogP contribution in [0.25, 0.3) is 0 Å². The average molecular weight is 357 g/mol. The van der Waals surface area contributed by atoms with Crippen molar-refractivity contribution in [2.75, 3.05) is 11.2 Å². The molecule has 6 heteroatoms. The summed E-state index contributed by atoms with van der Waals surface area (Å²) >= 11 is 1.96. The van der Waals surface area contributed by atoms with Gasteiger partial charge in [0.1, 0.15) is 10.2 Å². The Labute approximate surface area is 116 Å². The predicted octanol–water partition coefficient (Wildman–Crippen LogP) is 2.47. The van der Waals surface area contributed by atoms with Crippen LogP contribution < -0.4 is 5.32 Å². The summed E-state index contributed by atoms with van der Waals surface area (Å²) in [5.74, 6) is -0.616. The highest BCUT2D eigenvalue weighted by Crippen LogP contribution is 2.08. The Bertz CT molecular complexity index is 263. The smallest absolute Gasteiger partial charge is 0.407 e. The Morgan fingerprint density at radius 3 is 2.35 bits per heavy atom. The molecular formula is C11H20INO4. The number of rotatable bonds is 5. The Hall–Kier alpha value is -0.530. The molecule has 0 rings (SSSR count). The van der Waals surface area contributed by atoms with Crippen molar-refractivity contribution in [2.45, 2.75) is 39.7 Å². The van der Waals surface area contributed by atoms with E-state index in [9.17, 15) is 9.59 Å².